The summed E-state index contributed by atoms with van der Waals surface area (Å²) < 4.78 is 17.5. The van der Waals surface area contributed by atoms with Crippen molar-refractivity contribution in [1.29, 1.82) is 0 Å². The number of aromatic nitrogens is 2. The number of anilines is 2. The molecule has 34 heavy (non-hydrogen) atoms. The van der Waals surface area contributed by atoms with Gasteiger partial charge in [0, 0.05) is 56.2 Å². The standard InChI is InChI=1S/C25H35N5O4/c1-3-23(31)30-9-5-8-22(18-30)34-24-19(2)17-26-25(28-24)27-20-6-4-7-21(16-20)33-15-12-29-10-13-32-14-11-29/h3-4,6-7,16-17,22-23,31H,1,5,8-15,18H2,2H3,(H,26,27,28). The van der Waals surface area contributed by atoms with Crippen LogP contribution in [-0.4, -0.2) is 89.8 Å². The van der Waals surface area contributed by atoms with Crippen LogP contribution in [0.4, 0.5) is 11.6 Å². The maximum absolute atomic E-state index is 10.1. The molecule has 0 saturated carbocycles. The van der Waals surface area contributed by atoms with E-state index >= 15 is 0 Å². The van der Waals surface area contributed by atoms with Crippen molar-refractivity contribution >= 4 is 11.6 Å². The highest BCUT2D eigenvalue weighted by atomic mass is 16.5. The van der Waals surface area contributed by atoms with Crippen molar-refractivity contribution in [2.75, 3.05) is 57.9 Å². The van der Waals surface area contributed by atoms with Gasteiger partial charge < -0.3 is 24.6 Å². The van der Waals surface area contributed by atoms with E-state index in [1.807, 2.05) is 36.1 Å². The van der Waals surface area contributed by atoms with Crippen molar-refractivity contribution < 1.29 is 19.3 Å². The fraction of sp³-hybridized carbons (Fsp3) is 0.520. The van der Waals surface area contributed by atoms with Gasteiger partial charge in [0.15, 0.2) is 0 Å². The predicted molar refractivity (Wildman–Crippen MR) is 131 cm³/mol. The zero-order valence-corrected chi connectivity index (χ0v) is 19.9. The van der Waals surface area contributed by atoms with Gasteiger partial charge in [-0.2, -0.15) is 4.98 Å². The molecule has 9 nitrogen and oxygen atoms in total. The van der Waals surface area contributed by atoms with E-state index in [0.717, 1.165) is 69.2 Å². The Kier molecular flexibility index (Phi) is 8.70. The van der Waals surface area contributed by atoms with Gasteiger partial charge in [0.2, 0.25) is 11.8 Å². The Hall–Kier alpha value is -2.72. The van der Waals surface area contributed by atoms with Crippen LogP contribution in [0.15, 0.2) is 43.1 Å². The Labute approximate surface area is 201 Å². The summed E-state index contributed by atoms with van der Waals surface area (Å²) in [5.74, 6) is 1.81. The van der Waals surface area contributed by atoms with Crippen LogP contribution in [0, 0.1) is 6.92 Å². The molecule has 4 rings (SSSR count). The molecule has 184 valence electrons. The van der Waals surface area contributed by atoms with Gasteiger partial charge in [-0.15, -0.1) is 0 Å². The van der Waals surface area contributed by atoms with Crippen LogP contribution in [0.1, 0.15) is 18.4 Å². The molecule has 0 aliphatic carbocycles. The molecular weight excluding hydrogens is 434 g/mol. The Morgan fingerprint density at radius 1 is 1.32 bits per heavy atom. The van der Waals surface area contributed by atoms with Gasteiger partial charge in [-0.3, -0.25) is 9.80 Å². The van der Waals surface area contributed by atoms with Crippen molar-refractivity contribution in [3.8, 4) is 11.6 Å². The largest absolute Gasteiger partial charge is 0.492 e. The highest BCUT2D eigenvalue weighted by molar-refractivity contribution is 5.56. The number of aliphatic hydroxyl groups excluding tert-OH is 1. The number of benzene rings is 1. The molecule has 1 aromatic carbocycles. The van der Waals surface area contributed by atoms with E-state index in [-0.39, 0.29) is 6.10 Å². The van der Waals surface area contributed by atoms with E-state index in [9.17, 15) is 5.11 Å². The molecule has 3 heterocycles. The summed E-state index contributed by atoms with van der Waals surface area (Å²) in [7, 11) is 0. The van der Waals surface area contributed by atoms with Gasteiger partial charge in [0.1, 0.15) is 24.7 Å². The highest BCUT2D eigenvalue weighted by Gasteiger charge is 2.25. The SMILES string of the molecule is C=CC(O)N1CCCC(Oc2nc(Nc3cccc(OCCN4CCOCC4)c3)ncc2C)C1. The van der Waals surface area contributed by atoms with Gasteiger partial charge in [-0.25, -0.2) is 4.98 Å². The summed E-state index contributed by atoms with van der Waals surface area (Å²) in [5, 5.41) is 13.3. The lowest BCUT2D eigenvalue weighted by Gasteiger charge is -2.34. The van der Waals surface area contributed by atoms with Gasteiger partial charge in [0.25, 0.3) is 0 Å². The topological polar surface area (TPSA) is 92.2 Å². The number of ether oxygens (including phenoxy) is 3. The molecular formula is C25H35N5O4. The van der Waals surface area contributed by atoms with Crippen LogP contribution in [0.2, 0.25) is 0 Å². The van der Waals surface area contributed by atoms with Gasteiger partial charge in [0.05, 0.1) is 13.2 Å². The minimum Gasteiger partial charge on any atom is -0.492 e. The predicted octanol–water partition coefficient (Wildman–Crippen LogP) is 2.59. The highest BCUT2D eigenvalue weighted by Crippen LogP contribution is 2.24. The van der Waals surface area contributed by atoms with Crippen molar-refractivity contribution in [3.05, 3.63) is 48.7 Å². The van der Waals surface area contributed by atoms with Crippen LogP contribution in [0.5, 0.6) is 11.6 Å². The number of aliphatic hydroxyl groups is 1. The Morgan fingerprint density at radius 3 is 3.00 bits per heavy atom. The first kappa shape index (κ1) is 24.4. The first-order valence-corrected chi connectivity index (χ1v) is 12.0. The number of nitrogens with one attached hydrogen (secondary N) is 1. The minimum absolute atomic E-state index is 0.0482. The van der Waals surface area contributed by atoms with Gasteiger partial charge in [-0.1, -0.05) is 12.6 Å². The fourth-order valence-corrected chi connectivity index (χ4v) is 4.13. The zero-order valence-electron chi connectivity index (χ0n) is 19.9. The van der Waals surface area contributed by atoms with E-state index in [1.165, 1.54) is 0 Å². The van der Waals surface area contributed by atoms with Crippen LogP contribution in [0.3, 0.4) is 0 Å². The first-order valence-electron chi connectivity index (χ1n) is 12.0. The number of likely N-dealkylation sites (tertiary alicyclic amines) is 1. The van der Waals surface area contributed by atoms with Crippen molar-refractivity contribution in [1.82, 2.24) is 19.8 Å². The number of morpholine rings is 1. The number of aryl methyl sites for hydroxylation is 1. The molecule has 1 aromatic heterocycles. The second kappa shape index (κ2) is 12.1. The maximum Gasteiger partial charge on any atom is 0.230 e. The molecule has 0 radical (unpaired) electrons. The van der Waals surface area contributed by atoms with Gasteiger partial charge in [-0.05, 0) is 38.0 Å². The molecule has 9 heteroatoms. The van der Waals surface area contributed by atoms with Crippen LogP contribution in [0.25, 0.3) is 0 Å². The summed E-state index contributed by atoms with van der Waals surface area (Å²) in [5.41, 5.74) is 1.71. The Bertz CT molecular complexity index is 937. The second-order valence-corrected chi connectivity index (χ2v) is 8.66. The molecule has 0 bridgehead atoms. The number of hydrogen-bond acceptors (Lipinski definition) is 9. The minimum atomic E-state index is -0.654. The Balaban J connectivity index is 1.33. The zero-order chi connectivity index (χ0) is 23.8. The number of nitrogens with zero attached hydrogens (tertiary/aromatic N) is 4. The van der Waals surface area contributed by atoms with Crippen molar-refractivity contribution in [3.63, 3.8) is 0 Å². The normalized spacial score (nSPS) is 20.5. The number of hydrogen-bond donors (Lipinski definition) is 2. The summed E-state index contributed by atoms with van der Waals surface area (Å²) >= 11 is 0. The van der Waals surface area contributed by atoms with Crippen LogP contribution < -0.4 is 14.8 Å². The molecule has 2 aliphatic rings. The van der Waals surface area contributed by atoms with E-state index in [2.05, 4.69) is 26.8 Å². The lowest BCUT2D eigenvalue weighted by atomic mass is 10.1. The third-order valence-electron chi connectivity index (χ3n) is 6.07. The lowest BCUT2D eigenvalue weighted by Crippen LogP contribution is -2.45. The summed E-state index contributed by atoms with van der Waals surface area (Å²) in [6, 6.07) is 7.79. The van der Waals surface area contributed by atoms with Gasteiger partial charge >= 0.3 is 0 Å². The molecule has 2 N–H and O–H groups in total. The molecule has 2 aliphatic heterocycles. The summed E-state index contributed by atoms with van der Waals surface area (Å²) in [4.78, 5) is 13.3. The third-order valence-corrected chi connectivity index (χ3v) is 6.07. The molecule has 2 unspecified atom stereocenters. The fourth-order valence-electron chi connectivity index (χ4n) is 4.13. The average molecular weight is 470 g/mol. The van der Waals surface area contributed by atoms with Crippen molar-refractivity contribution in [2.24, 2.45) is 0 Å². The van der Waals surface area contributed by atoms with E-state index in [0.29, 0.717) is 25.0 Å². The van der Waals surface area contributed by atoms with Crippen molar-refractivity contribution in [2.45, 2.75) is 32.1 Å². The van der Waals surface area contributed by atoms with Crippen LogP contribution >= 0.6 is 0 Å². The molecule has 0 amide bonds. The number of piperidine rings is 1. The first-order chi connectivity index (χ1) is 16.6. The monoisotopic (exact) mass is 469 g/mol. The van der Waals surface area contributed by atoms with E-state index in [1.54, 1.807) is 12.3 Å². The lowest BCUT2D eigenvalue weighted by molar-refractivity contribution is -0.0113. The van der Waals surface area contributed by atoms with Crippen LogP contribution in [-0.2, 0) is 4.74 Å². The molecule has 2 saturated heterocycles. The molecule has 2 aromatic rings. The average Bonchev–Trinajstić information content (AvgIpc) is 2.87. The van der Waals surface area contributed by atoms with E-state index in [4.69, 9.17) is 14.2 Å². The summed E-state index contributed by atoms with van der Waals surface area (Å²) in [6.45, 7) is 12.1. The second-order valence-electron chi connectivity index (χ2n) is 8.66. The third kappa shape index (κ3) is 6.89. The van der Waals surface area contributed by atoms with E-state index < -0.39 is 6.23 Å². The molecule has 2 atom stereocenters. The maximum atomic E-state index is 10.1. The quantitative estimate of drug-likeness (QED) is 0.509. The summed E-state index contributed by atoms with van der Waals surface area (Å²) in [6.07, 6.45) is 4.46. The molecule has 0 spiro atoms. The Morgan fingerprint density at radius 2 is 2.18 bits per heavy atom. The smallest absolute Gasteiger partial charge is 0.230 e. The molecule has 2 fully saturated rings. The number of rotatable bonds is 10.